The number of nitrogens with zero attached hydrogens (tertiary/aromatic N) is 2. The van der Waals surface area contributed by atoms with Crippen LogP contribution in [0, 0.1) is 11.8 Å². The third-order valence-electron chi connectivity index (χ3n) is 10.4. The smallest absolute Gasteiger partial charge is 0.308 e. The average Bonchev–Trinajstić information content (AvgIpc) is 3.21. The van der Waals surface area contributed by atoms with E-state index in [9.17, 15) is 29.1 Å². The molecule has 2 aliphatic carbocycles. The van der Waals surface area contributed by atoms with Gasteiger partial charge in [0.2, 0.25) is 11.8 Å². The second-order valence-corrected chi connectivity index (χ2v) is 14.2. The molecule has 2 fully saturated rings. The van der Waals surface area contributed by atoms with E-state index >= 15 is 0 Å². The van der Waals surface area contributed by atoms with Crippen LogP contribution in [0.15, 0.2) is 103 Å². The summed E-state index contributed by atoms with van der Waals surface area (Å²) < 4.78 is 0. The van der Waals surface area contributed by atoms with Crippen molar-refractivity contribution >= 4 is 51.4 Å². The molecule has 0 spiro atoms. The monoisotopic (exact) mass is 742 g/mol. The molecule has 0 aliphatic heterocycles. The minimum atomic E-state index is -0.837. The molecule has 0 saturated heterocycles. The van der Waals surface area contributed by atoms with Gasteiger partial charge in [0.1, 0.15) is 17.4 Å². The summed E-state index contributed by atoms with van der Waals surface area (Å²) in [6, 6.07) is 30.3. The predicted molar refractivity (Wildman–Crippen MR) is 209 cm³/mol. The fourth-order valence-electron chi connectivity index (χ4n) is 7.44. The van der Waals surface area contributed by atoms with Gasteiger partial charge in [-0.05, 0) is 55.5 Å². The summed E-state index contributed by atoms with van der Waals surface area (Å²) in [6.07, 6.45) is 6.63. The fourth-order valence-corrected chi connectivity index (χ4v) is 7.44. The van der Waals surface area contributed by atoms with Crippen LogP contribution in [0.2, 0.25) is 0 Å². The fraction of sp³-hybridized carbons (Fsp3) is 0.326. The summed E-state index contributed by atoms with van der Waals surface area (Å²) in [5, 5.41) is 19.9. The Morgan fingerprint density at radius 2 is 1.09 bits per heavy atom. The van der Waals surface area contributed by atoms with Gasteiger partial charge in [-0.25, -0.2) is 9.97 Å². The Labute approximate surface area is 319 Å². The lowest BCUT2D eigenvalue weighted by Gasteiger charge is -2.32. The molecule has 6 N–H and O–H groups in total. The number of primary amides is 1. The molecule has 7 rings (SSSR count). The van der Waals surface area contributed by atoms with Crippen LogP contribution in [-0.4, -0.2) is 62.8 Å². The maximum absolute atomic E-state index is 13.1. The van der Waals surface area contributed by atoms with Crippen LogP contribution in [0.4, 0.5) is 0 Å². The Morgan fingerprint density at radius 3 is 1.62 bits per heavy atom. The molecule has 12 heteroatoms. The number of benzene rings is 3. The standard InChI is InChI=1S/C26H28N4O3.C17H18N2O3/c27-24(31)23(16-17-8-2-1-3-9-17)30-25(32)19-11-5-7-13-21(19)29-26(33)22-15-14-18-10-4-6-12-20(18)28-22;20-16(19-14-8-4-2-6-12(14)17(21)22)15-10-9-11-5-1-3-7-13(11)18-15/h1-4,6,8-10,12,14-15,19,21,23H,5,7,11,13,16H2,(H2,27,31)(H,29,33)(H,30,32);1,3,5,7,9-10,12,14H,2,4,6,8H2,(H,19,20)(H,21,22)/t19-,21+,23+;12-,14+/m11/s1. The first-order valence-corrected chi connectivity index (χ1v) is 18.9. The second kappa shape index (κ2) is 18.2. The van der Waals surface area contributed by atoms with Gasteiger partial charge in [0, 0.05) is 29.3 Å². The van der Waals surface area contributed by atoms with Crippen LogP contribution < -0.4 is 21.7 Å². The van der Waals surface area contributed by atoms with E-state index in [4.69, 9.17) is 5.73 Å². The maximum atomic E-state index is 13.1. The number of nitrogens with one attached hydrogen (secondary N) is 3. The number of hydrogen-bond donors (Lipinski definition) is 5. The molecule has 0 radical (unpaired) electrons. The summed E-state index contributed by atoms with van der Waals surface area (Å²) in [5.41, 5.74) is 8.63. The topological polar surface area (TPSA) is 193 Å². The Balaban J connectivity index is 0.000000203. The minimum Gasteiger partial charge on any atom is -0.481 e. The highest BCUT2D eigenvalue weighted by Gasteiger charge is 2.35. The van der Waals surface area contributed by atoms with Crippen molar-refractivity contribution in [3.63, 3.8) is 0 Å². The number of amides is 4. The Hall–Kier alpha value is -6.17. The van der Waals surface area contributed by atoms with Crippen molar-refractivity contribution in [1.29, 1.82) is 0 Å². The molecule has 2 heterocycles. The van der Waals surface area contributed by atoms with Crippen molar-refractivity contribution in [3.05, 3.63) is 120 Å². The number of carbonyl (C=O) groups is 5. The summed E-state index contributed by atoms with van der Waals surface area (Å²) in [7, 11) is 0. The predicted octanol–water partition coefficient (Wildman–Crippen LogP) is 5.34. The first kappa shape index (κ1) is 38.6. The number of fused-ring (bicyclic) bond motifs is 2. The number of nitrogens with two attached hydrogens (primary N) is 1. The molecule has 3 aromatic carbocycles. The van der Waals surface area contributed by atoms with E-state index in [0.717, 1.165) is 53.1 Å². The Kier molecular flexibility index (Phi) is 12.8. The highest BCUT2D eigenvalue weighted by Crippen LogP contribution is 2.27. The lowest BCUT2D eigenvalue weighted by Crippen LogP contribution is -2.53. The molecule has 0 bridgehead atoms. The Morgan fingerprint density at radius 1 is 0.618 bits per heavy atom. The molecular weight excluding hydrogens is 697 g/mol. The first-order chi connectivity index (χ1) is 26.7. The van der Waals surface area contributed by atoms with Crippen molar-refractivity contribution < 1.29 is 29.1 Å². The number of carbonyl (C=O) groups excluding carboxylic acids is 4. The van der Waals surface area contributed by atoms with Gasteiger partial charge in [-0.3, -0.25) is 24.0 Å². The van der Waals surface area contributed by atoms with Crippen molar-refractivity contribution in [2.75, 3.05) is 0 Å². The molecule has 4 amide bonds. The van der Waals surface area contributed by atoms with Gasteiger partial charge in [-0.15, -0.1) is 0 Å². The molecule has 2 aliphatic rings. The van der Waals surface area contributed by atoms with Gasteiger partial charge >= 0.3 is 5.97 Å². The number of carboxylic acids is 1. The number of rotatable bonds is 10. The number of pyridine rings is 2. The van der Waals surface area contributed by atoms with E-state index in [-0.39, 0.29) is 29.8 Å². The van der Waals surface area contributed by atoms with Crippen LogP contribution in [-0.2, 0) is 20.8 Å². The normalized spacial score (nSPS) is 19.9. The van der Waals surface area contributed by atoms with Crippen molar-refractivity contribution in [1.82, 2.24) is 25.9 Å². The molecule has 12 nitrogen and oxygen atoms in total. The summed E-state index contributed by atoms with van der Waals surface area (Å²) in [4.78, 5) is 70.5. The SMILES string of the molecule is NC(=O)[C@H](Cc1ccccc1)NC(=O)[C@@H]1CCCC[C@@H]1NC(=O)c1ccc2ccccc2n1.O=C(N[C@H]1CCCC[C@H]1C(=O)O)c1ccc2ccccc2n1. The Bertz CT molecular complexity index is 2160. The molecule has 2 saturated carbocycles. The van der Waals surface area contributed by atoms with Gasteiger partial charge in [-0.1, -0.05) is 105 Å². The summed E-state index contributed by atoms with van der Waals surface area (Å²) in [6.45, 7) is 0. The highest BCUT2D eigenvalue weighted by molar-refractivity contribution is 5.96. The zero-order valence-electron chi connectivity index (χ0n) is 30.5. The molecule has 284 valence electrons. The van der Waals surface area contributed by atoms with Gasteiger partial charge in [0.25, 0.3) is 11.8 Å². The van der Waals surface area contributed by atoms with Gasteiger partial charge in [-0.2, -0.15) is 0 Å². The van der Waals surface area contributed by atoms with Gasteiger partial charge in [0.15, 0.2) is 0 Å². The largest absolute Gasteiger partial charge is 0.481 e. The molecule has 5 aromatic rings. The number of hydrogen-bond acceptors (Lipinski definition) is 7. The van der Waals surface area contributed by atoms with Crippen molar-refractivity contribution in [3.8, 4) is 0 Å². The molecule has 2 aromatic heterocycles. The van der Waals surface area contributed by atoms with Crippen LogP contribution in [0.5, 0.6) is 0 Å². The van der Waals surface area contributed by atoms with Gasteiger partial charge in [0.05, 0.1) is 22.9 Å². The number of aliphatic carboxylic acids is 1. The first-order valence-electron chi connectivity index (χ1n) is 18.9. The van der Waals surface area contributed by atoms with Crippen LogP contribution in [0.1, 0.15) is 77.9 Å². The molecule has 0 unspecified atom stereocenters. The molecular formula is C43H46N6O6. The van der Waals surface area contributed by atoms with Crippen LogP contribution in [0.3, 0.4) is 0 Å². The lowest BCUT2D eigenvalue weighted by atomic mass is 9.83. The van der Waals surface area contributed by atoms with E-state index in [1.54, 1.807) is 12.1 Å². The summed E-state index contributed by atoms with van der Waals surface area (Å²) in [5.74, 6) is -3.21. The van der Waals surface area contributed by atoms with E-state index < -0.39 is 29.8 Å². The zero-order valence-corrected chi connectivity index (χ0v) is 30.5. The van der Waals surface area contributed by atoms with E-state index in [1.165, 1.54) is 0 Å². The zero-order chi connectivity index (χ0) is 38.7. The average molecular weight is 743 g/mol. The highest BCUT2D eigenvalue weighted by atomic mass is 16.4. The van der Waals surface area contributed by atoms with E-state index in [1.807, 2.05) is 91.0 Å². The number of carboxylic acid groups (broad SMARTS) is 1. The maximum Gasteiger partial charge on any atom is 0.308 e. The van der Waals surface area contributed by atoms with E-state index in [0.29, 0.717) is 43.5 Å². The molecule has 55 heavy (non-hydrogen) atoms. The molecule has 5 atom stereocenters. The lowest BCUT2D eigenvalue weighted by molar-refractivity contribution is -0.143. The quantitative estimate of drug-likeness (QED) is 0.126. The summed E-state index contributed by atoms with van der Waals surface area (Å²) >= 11 is 0. The second-order valence-electron chi connectivity index (χ2n) is 14.2. The van der Waals surface area contributed by atoms with Crippen molar-refractivity contribution in [2.45, 2.75) is 75.9 Å². The number of para-hydroxylation sites is 2. The van der Waals surface area contributed by atoms with E-state index in [2.05, 4.69) is 25.9 Å². The van der Waals surface area contributed by atoms with Crippen LogP contribution >= 0.6 is 0 Å². The third kappa shape index (κ3) is 10.1. The minimum absolute atomic E-state index is 0.258. The van der Waals surface area contributed by atoms with Crippen molar-refractivity contribution in [2.24, 2.45) is 17.6 Å². The third-order valence-corrected chi connectivity index (χ3v) is 10.4. The van der Waals surface area contributed by atoms with Gasteiger partial charge < -0.3 is 26.8 Å². The number of aromatic nitrogens is 2. The van der Waals surface area contributed by atoms with Crippen LogP contribution in [0.25, 0.3) is 21.8 Å².